The van der Waals surface area contributed by atoms with Gasteiger partial charge in [-0.2, -0.15) is 4.99 Å². The minimum atomic E-state index is -0.493. The van der Waals surface area contributed by atoms with E-state index < -0.39 is 11.0 Å². The molecule has 3 rings (SSSR count). The van der Waals surface area contributed by atoms with Crippen molar-refractivity contribution in [1.29, 1.82) is 0 Å². The van der Waals surface area contributed by atoms with Crippen LogP contribution in [-0.4, -0.2) is 16.8 Å². The van der Waals surface area contributed by atoms with Crippen molar-refractivity contribution in [1.82, 2.24) is 5.32 Å². The van der Waals surface area contributed by atoms with Gasteiger partial charge >= 0.3 is 6.03 Å². The second-order valence-electron chi connectivity index (χ2n) is 8.88. The molecule has 2 aromatic rings. The smallest absolute Gasteiger partial charge is 0.323 e. The molecule has 0 saturated carbocycles. The summed E-state index contributed by atoms with van der Waals surface area (Å²) in [6.45, 7) is 22.5. The van der Waals surface area contributed by atoms with Crippen LogP contribution in [-0.2, 0) is 0 Å². The van der Waals surface area contributed by atoms with E-state index in [1.807, 2.05) is 59.8 Å². The van der Waals surface area contributed by atoms with Crippen molar-refractivity contribution in [3.63, 3.8) is 0 Å². The van der Waals surface area contributed by atoms with Gasteiger partial charge in [-0.15, -0.1) is 0 Å². The number of amides is 2. The molecule has 1 heterocycles. The monoisotopic (exact) mass is 591 g/mol. The van der Waals surface area contributed by atoms with Gasteiger partial charge < -0.3 is 16.0 Å². The number of carbonyl (C=O) groups excluding carboxylic acids is 1. The number of urea groups is 1. The Morgan fingerprint density at radius 1 is 0.837 bits per heavy atom. The van der Waals surface area contributed by atoms with Crippen LogP contribution < -0.4 is 16.0 Å². The third-order valence-electron chi connectivity index (χ3n) is 5.40. The van der Waals surface area contributed by atoms with Crippen molar-refractivity contribution in [2.45, 2.75) is 102 Å². The third-order valence-corrected chi connectivity index (χ3v) is 5.40. The molecule has 1 aliphatic rings. The van der Waals surface area contributed by atoms with Crippen molar-refractivity contribution < 1.29 is 9.72 Å². The highest BCUT2D eigenvalue weighted by molar-refractivity contribution is 6.12. The van der Waals surface area contributed by atoms with E-state index >= 15 is 0 Å². The van der Waals surface area contributed by atoms with Crippen LogP contribution in [0.1, 0.15) is 107 Å². The molecule has 3 N–H and O–H groups in total. The zero-order valence-corrected chi connectivity index (χ0v) is 28.1. The number of nitrogens with one attached hydrogen (secondary N) is 3. The highest BCUT2D eigenvalue weighted by atomic mass is 16.6. The Bertz CT molecular complexity index is 1220. The van der Waals surface area contributed by atoms with Gasteiger partial charge in [0.15, 0.2) is 0 Å². The van der Waals surface area contributed by atoms with E-state index in [2.05, 4.69) is 60.6 Å². The second-order valence-corrected chi connectivity index (χ2v) is 8.88. The quantitative estimate of drug-likeness (QED) is 0.176. The van der Waals surface area contributed by atoms with Gasteiger partial charge in [0.25, 0.3) is 5.69 Å². The van der Waals surface area contributed by atoms with Gasteiger partial charge in [0, 0.05) is 40.8 Å². The summed E-state index contributed by atoms with van der Waals surface area (Å²) in [5.41, 5.74) is 4.99. The first-order chi connectivity index (χ1) is 20.7. The van der Waals surface area contributed by atoms with Gasteiger partial charge in [-0.05, 0) is 56.7 Å². The number of non-ortho nitro benzene ring substituents is 1. The number of anilines is 2. The maximum atomic E-state index is 12.2. The molecule has 236 valence electrons. The SMILES string of the molecule is CC.CC.CC#CN=C1NC(c2ccc(NC(=O)Nc3ccc([N+](=O)[O-])cc3)cc2)=CC1=C(C)C.CCCC.CCCC. The number of unbranched alkanes of at least 4 members (excludes halogenated alkanes) is 2. The number of hydrogen-bond acceptors (Lipinski definition) is 4. The van der Waals surface area contributed by atoms with Crippen LogP contribution in [0.2, 0.25) is 0 Å². The van der Waals surface area contributed by atoms with E-state index in [1.54, 1.807) is 19.1 Å². The molecule has 8 heteroatoms. The first-order valence-electron chi connectivity index (χ1n) is 15.3. The summed E-state index contributed by atoms with van der Waals surface area (Å²) in [5.74, 6) is 3.48. The number of aliphatic imine (C=N–C) groups is 1. The summed E-state index contributed by atoms with van der Waals surface area (Å²) in [6, 6.07) is 15.2. The van der Waals surface area contributed by atoms with Crippen LogP contribution in [0.4, 0.5) is 21.9 Å². The maximum Gasteiger partial charge on any atom is 0.323 e. The van der Waals surface area contributed by atoms with E-state index in [-0.39, 0.29) is 5.69 Å². The lowest BCUT2D eigenvalue weighted by molar-refractivity contribution is -0.384. The summed E-state index contributed by atoms with van der Waals surface area (Å²) in [7, 11) is 0. The molecule has 43 heavy (non-hydrogen) atoms. The van der Waals surface area contributed by atoms with Crippen LogP contribution in [0.3, 0.4) is 0 Å². The van der Waals surface area contributed by atoms with Crippen LogP contribution in [0, 0.1) is 22.1 Å². The predicted molar refractivity (Wildman–Crippen MR) is 186 cm³/mol. The molecule has 0 aliphatic carbocycles. The molecular formula is C35H53N5O3. The third kappa shape index (κ3) is 16.6. The van der Waals surface area contributed by atoms with E-state index in [9.17, 15) is 14.9 Å². The highest BCUT2D eigenvalue weighted by Gasteiger charge is 2.18. The van der Waals surface area contributed by atoms with Crippen LogP contribution in [0.25, 0.3) is 5.70 Å². The van der Waals surface area contributed by atoms with Gasteiger partial charge in [-0.3, -0.25) is 10.1 Å². The zero-order chi connectivity index (χ0) is 33.2. The van der Waals surface area contributed by atoms with Crippen molar-refractivity contribution in [2.75, 3.05) is 10.6 Å². The number of allylic oxidation sites excluding steroid dienone is 1. The summed E-state index contributed by atoms with van der Waals surface area (Å²) >= 11 is 0. The highest BCUT2D eigenvalue weighted by Crippen LogP contribution is 2.24. The van der Waals surface area contributed by atoms with Crippen molar-refractivity contribution >= 4 is 34.6 Å². The lowest BCUT2D eigenvalue weighted by atomic mass is 10.1. The molecule has 0 atom stereocenters. The number of benzene rings is 2. The topological polar surface area (TPSA) is 109 Å². The minimum Gasteiger partial charge on any atom is -0.339 e. The summed E-state index contributed by atoms with van der Waals surface area (Å²) in [6.07, 6.45) is 7.30. The normalized spacial score (nSPS) is 11.5. The van der Waals surface area contributed by atoms with Gasteiger partial charge in [-0.1, -0.05) is 105 Å². The number of carbonyl (C=O) groups is 1. The number of nitro benzene ring substituents is 1. The lowest BCUT2D eigenvalue weighted by Crippen LogP contribution is -2.19. The molecule has 0 fully saturated rings. The predicted octanol–water partition coefficient (Wildman–Crippen LogP) is 10.6. The average Bonchev–Trinajstić information content (AvgIpc) is 3.47. The zero-order valence-electron chi connectivity index (χ0n) is 28.1. The average molecular weight is 592 g/mol. The molecule has 8 nitrogen and oxygen atoms in total. The van der Waals surface area contributed by atoms with Crippen LogP contribution >= 0.6 is 0 Å². The lowest BCUT2D eigenvalue weighted by Gasteiger charge is -2.09. The molecular weight excluding hydrogens is 538 g/mol. The summed E-state index contributed by atoms with van der Waals surface area (Å²) in [4.78, 5) is 26.7. The number of hydrogen-bond donors (Lipinski definition) is 3. The molecule has 0 unspecified atom stereocenters. The molecule has 1 aliphatic heterocycles. The maximum absolute atomic E-state index is 12.2. The second kappa shape index (κ2) is 25.3. The fourth-order valence-corrected chi connectivity index (χ4v) is 2.87. The van der Waals surface area contributed by atoms with E-state index in [4.69, 9.17) is 0 Å². The number of nitrogens with zero attached hydrogens (tertiary/aromatic N) is 2. The van der Waals surface area contributed by atoms with Crippen molar-refractivity contribution in [3.05, 3.63) is 81.4 Å². The fourth-order valence-electron chi connectivity index (χ4n) is 2.87. The largest absolute Gasteiger partial charge is 0.339 e. The Morgan fingerprint density at radius 3 is 1.65 bits per heavy atom. The van der Waals surface area contributed by atoms with Crippen LogP contribution in [0.15, 0.2) is 70.7 Å². The van der Waals surface area contributed by atoms with Gasteiger partial charge in [0.1, 0.15) is 5.84 Å². The van der Waals surface area contributed by atoms with E-state index in [0.717, 1.165) is 22.4 Å². The van der Waals surface area contributed by atoms with Crippen molar-refractivity contribution in [3.8, 4) is 12.0 Å². The first kappa shape index (κ1) is 40.8. The molecule has 0 spiro atoms. The Labute approximate surface area is 260 Å². The van der Waals surface area contributed by atoms with Gasteiger partial charge in [0.2, 0.25) is 0 Å². The molecule has 0 bridgehead atoms. The fraction of sp³-hybridized carbons (Fsp3) is 0.429. The Kier molecular flexibility index (Phi) is 24.0. The molecule has 0 aromatic heterocycles. The molecule has 2 aromatic carbocycles. The Hall–Kier alpha value is -4.38. The summed E-state index contributed by atoms with van der Waals surface area (Å²) < 4.78 is 0. The molecule has 0 saturated heterocycles. The first-order valence-corrected chi connectivity index (χ1v) is 15.3. The summed E-state index contributed by atoms with van der Waals surface area (Å²) in [5, 5.41) is 19.4. The molecule has 0 radical (unpaired) electrons. The van der Waals surface area contributed by atoms with Crippen LogP contribution in [0.5, 0.6) is 0 Å². The standard InChI is InChI=1S/C23H21N5O3.2C4H10.2C2H6/c1-4-13-24-22-20(15(2)3)14-21(27-22)16-5-7-17(8-6-16)25-23(29)26-18-9-11-19(12-10-18)28(30)31;2*1-3-4-2;2*1-2/h5-12,14H,1-3H3,(H,24,27)(H2,25,26,29);2*3-4H2,1-2H3;2*1-2H3. The van der Waals surface area contributed by atoms with E-state index in [1.165, 1.54) is 49.9 Å². The van der Waals surface area contributed by atoms with Crippen molar-refractivity contribution in [2.24, 2.45) is 4.99 Å². The van der Waals surface area contributed by atoms with E-state index in [0.29, 0.717) is 17.2 Å². The number of amidine groups is 1. The Morgan fingerprint density at radius 2 is 1.28 bits per heavy atom. The molecule has 2 amide bonds. The Balaban J connectivity index is 0. The number of nitro groups is 1. The number of rotatable bonds is 6. The van der Waals surface area contributed by atoms with Gasteiger partial charge in [0.05, 0.1) is 4.92 Å². The van der Waals surface area contributed by atoms with Gasteiger partial charge in [-0.25, -0.2) is 4.79 Å². The minimum absolute atomic E-state index is 0.0393.